The Morgan fingerprint density at radius 1 is 1.55 bits per heavy atom. The van der Waals surface area contributed by atoms with Gasteiger partial charge in [0.15, 0.2) is 0 Å². The number of hydrogen-bond donors (Lipinski definition) is 1. The zero-order valence-electron chi connectivity index (χ0n) is 6.14. The third kappa shape index (κ3) is 4.49. The molecule has 1 aromatic rings. The van der Waals surface area contributed by atoms with Crippen LogP contribution in [0, 0.1) is 5.21 Å². The minimum absolute atomic E-state index is 0. The maximum absolute atomic E-state index is 9.99. The third-order valence-electron chi connectivity index (χ3n) is 0.930. The van der Waals surface area contributed by atoms with Crippen LogP contribution in [0.25, 0.3) is 0 Å². The molecule has 1 heterocycles. The van der Waals surface area contributed by atoms with Crippen molar-refractivity contribution in [2.75, 3.05) is 0 Å². The van der Waals surface area contributed by atoms with Crippen molar-refractivity contribution in [3.8, 4) is 0 Å². The molecule has 0 amide bonds. The molecule has 0 spiro atoms. The normalized spacial score (nSPS) is 10.4. The van der Waals surface area contributed by atoms with Crippen molar-refractivity contribution in [2.45, 2.75) is 0 Å². The van der Waals surface area contributed by atoms with Gasteiger partial charge in [0.1, 0.15) is 5.69 Å². The first-order valence-electron chi connectivity index (χ1n) is 2.70. The van der Waals surface area contributed by atoms with Crippen LogP contribution in [0.15, 0.2) is 24.4 Å². The number of rotatable bonds is 1. The van der Waals surface area contributed by atoms with Crippen molar-refractivity contribution in [1.82, 2.24) is 4.98 Å². The fourth-order valence-electron chi connectivity index (χ4n) is 0.565. The molecular formula is C6H6KN2O2+. The number of hydrogen-bond acceptors (Lipinski definition) is 3. The number of pyridine rings is 1. The van der Waals surface area contributed by atoms with E-state index in [4.69, 9.17) is 5.21 Å². The average Bonchev–Trinajstić information content (AvgIpc) is 1.88. The molecule has 1 rings (SSSR count). The van der Waals surface area contributed by atoms with Crippen LogP contribution in [0.5, 0.6) is 0 Å². The van der Waals surface area contributed by atoms with Gasteiger partial charge in [-0.25, -0.2) is 0 Å². The summed E-state index contributed by atoms with van der Waals surface area (Å²) in [5.74, 6) is 0. The van der Waals surface area contributed by atoms with Crippen molar-refractivity contribution in [3.63, 3.8) is 0 Å². The molecule has 0 aliphatic carbocycles. The smallest absolute Gasteiger partial charge is 0.417 e. The molecule has 0 saturated carbocycles. The SMILES string of the molecule is [K+].[O-]/[N+](O)=C\c1ccccn1. The van der Waals surface area contributed by atoms with E-state index in [1.165, 1.54) is 6.20 Å². The average molecular weight is 177 g/mol. The van der Waals surface area contributed by atoms with Crippen LogP contribution in [0.4, 0.5) is 0 Å². The monoisotopic (exact) mass is 177 g/mol. The standard InChI is InChI=1S/C6H6N2O2.K/c9-8(10)5-6-3-1-2-4-7-6;/h1-5H,(H,9,10);/q;+1. The second-order valence-corrected chi connectivity index (χ2v) is 1.69. The second-order valence-electron chi connectivity index (χ2n) is 1.69. The number of aromatic nitrogens is 1. The minimum atomic E-state index is -0.275. The molecule has 0 fully saturated rings. The van der Waals surface area contributed by atoms with Gasteiger partial charge in [0.05, 0.1) is 0 Å². The molecule has 11 heavy (non-hydrogen) atoms. The maximum atomic E-state index is 9.99. The summed E-state index contributed by atoms with van der Waals surface area (Å²) in [6.45, 7) is 0. The molecule has 0 bridgehead atoms. The second kappa shape index (κ2) is 5.67. The van der Waals surface area contributed by atoms with Crippen molar-refractivity contribution in [3.05, 3.63) is 35.3 Å². The first-order chi connectivity index (χ1) is 4.79. The summed E-state index contributed by atoms with van der Waals surface area (Å²) in [5, 5.41) is 18.2. The van der Waals surface area contributed by atoms with Crippen LogP contribution < -0.4 is 51.4 Å². The van der Waals surface area contributed by atoms with Gasteiger partial charge < -0.3 is 5.21 Å². The molecule has 0 unspecified atom stereocenters. The molecule has 0 atom stereocenters. The van der Waals surface area contributed by atoms with Gasteiger partial charge >= 0.3 is 51.4 Å². The van der Waals surface area contributed by atoms with Crippen LogP contribution in [-0.2, 0) is 0 Å². The van der Waals surface area contributed by atoms with E-state index >= 15 is 0 Å². The third-order valence-corrected chi connectivity index (χ3v) is 0.930. The fourth-order valence-corrected chi connectivity index (χ4v) is 0.565. The molecule has 0 aliphatic rings. The Morgan fingerprint density at radius 2 is 2.27 bits per heavy atom. The predicted octanol–water partition coefficient (Wildman–Crippen LogP) is -2.60. The molecule has 1 N–H and O–H groups in total. The Hall–Kier alpha value is 0.0564. The molecule has 0 radical (unpaired) electrons. The zero-order valence-corrected chi connectivity index (χ0v) is 9.26. The quantitative estimate of drug-likeness (QED) is 0.168. The van der Waals surface area contributed by atoms with Gasteiger partial charge in [-0.2, -0.15) is 0 Å². The Bertz CT molecular complexity index is 234. The minimum Gasteiger partial charge on any atom is -0.417 e. The predicted molar refractivity (Wildman–Crippen MR) is 34.8 cm³/mol. The topological polar surface area (TPSA) is 59.2 Å². The summed E-state index contributed by atoms with van der Waals surface area (Å²) < 4.78 is 0. The first-order valence-corrected chi connectivity index (χ1v) is 2.70. The van der Waals surface area contributed by atoms with Crippen molar-refractivity contribution >= 4 is 6.21 Å². The van der Waals surface area contributed by atoms with E-state index in [0.717, 1.165) is 6.21 Å². The molecule has 0 saturated heterocycles. The zero-order chi connectivity index (χ0) is 7.40. The summed E-state index contributed by atoms with van der Waals surface area (Å²) >= 11 is 0. The largest absolute Gasteiger partial charge is 1.00 e. The summed E-state index contributed by atoms with van der Waals surface area (Å²) in [7, 11) is 0. The molecule has 4 nitrogen and oxygen atoms in total. The summed E-state index contributed by atoms with van der Waals surface area (Å²) in [6, 6.07) is 5.06. The Morgan fingerprint density at radius 3 is 2.73 bits per heavy atom. The van der Waals surface area contributed by atoms with Gasteiger partial charge in [-0.3, -0.25) is 10.2 Å². The summed E-state index contributed by atoms with van der Waals surface area (Å²) in [4.78, 5) is 3.49. The van der Waals surface area contributed by atoms with Crippen LogP contribution in [0.3, 0.4) is 0 Å². The molecule has 0 aromatic carbocycles. The van der Waals surface area contributed by atoms with Crippen LogP contribution in [0.1, 0.15) is 5.69 Å². The Balaban J connectivity index is 0.000001000. The van der Waals surface area contributed by atoms with E-state index in [0.29, 0.717) is 5.69 Å². The molecular weight excluding hydrogens is 171 g/mol. The summed E-state index contributed by atoms with van der Waals surface area (Å²) in [6.07, 6.45) is 2.51. The van der Waals surface area contributed by atoms with Crippen molar-refractivity contribution in [1.29, 1.82) is 0 Å². The fraction of sp³-hybridized carbons (Fsp3) is 0. The summed E-state index contributed by atoms with van der Waals surface area (Å²) in [5.41, 5.74) is 0.431. The van der Waals surface area contributed by atoms with Crippen LogP contribution in [-0.4, -0.2) is 21.3 Å². The molecule has 52 valence electrons. The molecule has 1 aromatic heterocycles. The van der Waals surface area contributed by atoms with Gasteiger partial charge in [0, 0.05) is 11.1 Å². The van der Waals surface area contributed by atoms with Crippen LogP contribution >= 0.6 is 0 Å². The first kappa shape index (κ1) is 11.1. The van der Waals surface area contributed by atoms with Gasteiger partial charge in [0.2, 0.25) is 0 Å². The van der Waals surface area contributed by atoms with Gasteiger partial charge in [0.25, 0.3) is 6.21 Å². The van der Waals surface area contributed by atoms with E-state index in [1.54, 1.807) is 18.2 Å². The van der Waals surface area contributed by atoms with Gasteiger partial charge in [-0.15, -0.1) is 0 Å². The Kier molecular flexibility index (Phi) is 5.70. The van der Waals surface area contributed by atoms with E-state index in [9.17, 15) is 5.21 Å². The molecule has 0 aliphatic heterocycles. The molecule has 5 heteroatoms. The van der Waals surface area contributed by atoms with Crippen molar-refractivity contribution < 1.29 is 61.5 Å². The van der Waals surface area contributed by atoms with Crippen LogP contribution in [0.2, 0.25) is 0 Å². The van der Waals surface area contributed by atoms with Crippen molar-refractivity contribution in [2.24, 2.45) is 0 Å². The number of nitrogens with zero attached hydrogens (tertiary/aromatic N) is 2. The van der Waals surface area contributed by atoms with E-state index in [2.05, 4.69) is 4.98 Å². The van der Waals surface area contributed by atoms with E-state index in [1.807, 2.05) is 0 Å². The van der Waals surface area contributed by atoms with Gasteiger partial charge in [-0.05, 0) is 12.1 Å². The van der Waals surface area contributed by atoms with E-state index in [-0.39, 0.29) is 56.3 Å². The van der Waals surface area contributed by atoms with Gasteiger partial charge in [-0.1, -0.05) is 6.07 Å². The Labute approximate surface area is 107 Å². The van der Waals surface area contributed by atoms with E-state index < -0.39 is 0 Å². The maximum Gasteiger partial charge on any atom is 1.00 e.